The lowest BCUT2D eigenvalue weighted by Crippen LogP contribution is -2.46. The number of alkyl carbamates (subject to hydrolysis) is 1. The molecule has 0 spiro atoms. The first kappa shape index (κ1) is 18.0. The first-order valence-electron chi connectivity index (χ1n) is 7.13. The summed E-state index contributed by atoms with van der Waals surface area (Å²) in [5.74, 6) is -1.34. The fraction of sp³-hybridized carbons (Fsp3) is 0.500. The monoisotopic (exact) mass is 309 g/mol. The summed E-state index contributed by atoms with van der Waals surface area (Å²) in [6.45, 7) is 7.00. The number of carbonyl (C=O) groups is 2. The maximum Gasteiger partial charge on any atom is 0.408 e. The van der Waals surface area contributed by atoms with Gasteiger partial charge in [-0.2, -0.15) is 0 Å². The van der Waals surface area contributed by atoms with Gasteiger partial charge in [-0.15, -0.1) is 0 Å². The topological polar surface area (TPSA) is 95.9 Å². The number of aliphatic hydroxyl groups is 1. The highest BCUT2D eigenvalue weighted by molar-refractivity contribution is 5.80. The minimum atomic E-state index is -1.48. The van der Waals surface area contributed by atoms with Gasteiger partial charge in [0, 0.05) is 0 Å². The van der Waals surface area contributed by atoms with Gasteiger partial charge >= 0.3 is 12.1 Å². The minimum Gasteiger partial charge on any atom is -0.480 e. The van der Waals surface area contributed by atoms with Crippen molar-refractivity contribution in [3.63, 3.8) is 0 Å². The van der Waals surface area contributed by atoms with Gasteiger partial charge in [0.1, 0.15) is 11.7 Å². The number of ether oxygens (including phenoxy) is 1. The van der Waals surface area contributed by atoms with E-state index in [0.29, 0.717) is 5.56 Å². The Morgan fingerprint density at radius 2 is 1.77 bits per heavy atom. The quantitative estimate of drug-likeness (QED) is 0.775. The summed E-state index contributed by atoms with van der Waals surface area (Å²) in [5, 5.41) is 21.6. The zero-order valence-electron chi connectivity index (χ0n) is 13.3. The number of carbonyl (C=O) groups excluding carboxylic acids is 1. The van der Waals surface area contributed by atoms with Gasteiger partial charge in [0.25, 0.3) is 0 Å². The average Bonchev–Trinajstić information content (AvgIpc) is 2.42. The predicted octanol–water partition coefficient (Wildman–Crippen LogP) is 2.26. The highest BCUT2D eigenvalue weighted by Gasteiger charge is 2.31. The smallest absolute Gasteiger partial charge is 0.408 e. The van der Waals surface area contributed by atoms with E-state index in [2.05, 4.69) is 5.32 Å². The molecule has 0 aliphatic carbocycles. The van der Waals surface area contributed by atoms with E-state index >= 15 is 0 Å². The molecule has 0 aliphatic rings. The molecule has 1 amide bonds. The molecule has 122 valence electrons. The van der Waals surface area contributed by atoms with Crippen LogP contribution in [0.15, 0.2) is 24.3 Å². The van der Waals surface area contributed by atoms with E-state index in [0.717, 1.165) is 12.0 Å². The summed E-state index contributed by atoms with van der Waals surface area (Å²) in [6, 6.07) is 5.43. The zero-order valence-corrected chi connectivity index (χ0v) is 13.3. The molecule has 0 fully saturated rings. The van der Waals surface area contributed by atoms with Gasteiger partial charge in [-0.3, -0.25) is 0 Å². The molecule has 1 aromatic carbocycles. The number of aryl methyl sites for hydroxylation is 1. The third-order valence-corrected chi connectivity index (χ3v) is 2.98. The first-order valence-corrected chi connectivity index (χ1v) is 7.13. The fourth-order valence-electron chi connectivity index (χ4n) is 1.85. The Hall–Kier alpha value is -2.08. The number of nitrogens with one attached hydrogen (secondary N) is 1. The lowest BCUT2D eigenvalue weighted by Gasteiger charge is -2.24. The van der Waals surface area contributed by atoms with E-state index in [1.54, 1.807) is 32.9 Å². The summed E-state index contributed by atoms with van der Waals surface area (Å²) in [5.41, 5.74) is 0.740. The van der Waals surface area contributed by atoms with Crippen molar-refractivity contribution < 1.29 is 24.5 Å². The highest BCUT2D eigenvalue weighted by atomic mass is 16.6. The molecule has 0 unspecified atom stereocenters. The first-order chi connectivity index (χ1) is 10.1. The minimum absolute atomic E-state index is 0.417. The van der Waals surface area contributed by atoms with Crippen molar-refractivity contribution in [1.29, 1.82) is 0 Å². The van der Waals surface area contributed by atoms with Crippen molar-refractivity contribution >= 4 is 12.1 Å². The number of benzene rings is 1. The van der Waals surface area contributed by atoms with Crippen LogP contribution < -0.4 is 5.32 Å². The number of carboxylic acid groups (broad SMARTS) is 1. The van der Waals surface area contributed by atoms with Crippen molar-refractivity contribution in [2.45, 2.75) is 51.9 Å². The molecular weight excluding hydrogens is 286 g/mol. The number of aliphatic carboxylic acids is 1. The largest absolute Gasteiger partial charge is 0.480 e. The SMILES string of the molecule is CCc1ccc([C@@H](O)[C@H](NC(=O)OC(C)(C)C)C(=O)O)cc1. The van der Waals surface area contributed by atoms with Crippen LogP contribution in [0.3, 0.4) is 0 Å². The molecular formula is C16H23NO5. The van der Waals surface area contributed by atoms with Crippen molar-refractivity contribution in [3.8, 4) is 0 Å². The summed E-state index contributed by atoms with van der Waals surface area (Å²) in [7, 11) is 0. The van der Waals surface area contributed by atoms with Crippen LogP contribution in [0.2, 0.25) is 0 Å². The number of rotatable bonds is 5. The van der Waals surface area contributed by atoms with Crippen LogP contribution in [-0.4, -0.2) is 33.9 Å². The summed E-state index contributed by atoms with van der Waals surface area (Å²) in [6.07, 6.45) is -1.41. The number of amides is 1. The number of carboxylic acids is 1. The standard InChI is InChI=1S/C16H23NO5/c1-5-10-6-8-11(9-7-10)13(18)12(14(19)20)17-15(21)22-16(2,3)4/h6-9,12-13,18H,5H2,1-4H3,(H,17,21)(H,19,20)/t12-,13+/m0/s1. The van der Waals surface area contributed by atoms with Gasteiger partial charge in [-0.1, -0.05) is 31.2 Å². The van der Waals surface area contributed by atoms with Crippen molar-refractivity contribution in [1.82, 2.24) is 5.32 Å². The van der Waals surface area contributed by atoms with Crippen LogP contribution in [0.1, 0.15) is 44.9 Å². The maximum absolute atomic E-state index is 11.7. The Morgan fingerprint density at radius 3 is 2.18 bits per heavy atom. The molecule has 0 aromatic heterocycles. The van der Waals surface area contributed by atoms with Crippen LogP contribution in [-0.2, 0) is 16.0 Å². The van der Waals surface area contributed by atoms with Crippen LogP contribution in [0, 0.1) is 0 Å². The van der Waals surface area contributed by atoms with Crippen LogP contribution >= 0.6 is 0 Å². The lowest BCUT2D eigenvalue weighted by molar-refractivity contribution is -0.142. The lowest BCUT2D eigenvalue weighted by atomic mass is 10.0. The number of hydrogen-bond donors (Lipinski definition) is 3. The van der Waals surface area contributed by atoms with Gasteiger partial charge in [0.2, 0.25) is 0 Å². The Morgan fingerprint density at radius 1 is 1.23 bits per heavy atom. The van der Waals surface area contributed by atoms with Gasteiger partial charge in [0.05, 0.1) is 0 Å². The molecule has 0 saturated heterocycles. The van der Waals surface area contributed by atoms with E-state index in [9.17, 15) is 19.8 Å². The maximum atomic E-state index is 11.7. The molecule has 3 N–H and O–H groups in total. The van der Waals surface area contributed by atoms with E-state index < -0.39 is 29.8 Å². The van der Waals surface area contributed by atoms with Crippen molar-refractivity contribution in [3.05, 3.63) is 35.4 Å². The van der Waals surface area contributed by atoms with Crippen LogP contribution in [0.5, 0.6) is 0 Å². The fourth-order valence-corrected chi connectivity index (χ4v) is 1.85. The molecule has 6 nitrogen and oxygen atoms in total. The molecule has 6 heteroatoms. The van der Waals surface area contributed by atoms with Gasteiger partial charge in [-0.05, 0) is 38.3 Å². The molecule has 0 heterocycles. The van der Waals surface area contributed by atoms with E-state index in [-0.39, 0.29) is 0 Å². The van der Waals surface area contributed by atoms with Crippen LogP contribution in [0.4, 0.5) is 4.79 Å². The van der Waals surface area contributed by atoms with Gasteiger partial charge < -0.3 is 20.3 Å². The second-order valence-corrected chi connectivity index (χ2v) is 6.00. The normalized spacial score (nSPS) is 14.0. The summed E-state index contributed by atoms with van der Waals surface area (Å²) in [4.78, 5) is 23.0. The molecule has 1 rings (SSSR count). The Bertz CT molecular complexity index is 518. The molecule has 0 radical (unpaired) electrons. The van der Waals surface area contributed by atoms with Crippen LogP contribution in [0.25, 0.3) is 0 Å². The Balaban J connectivity index is 2.85. The Labute approximate surface area is 130 Å². The summed E-state index contributed by atoms with van der Waals surface area (Å²) >= 11 is 0. The molecule has 1 aromatic rings. The number of hydrogen-bond acceptors (Lipinski definition) is 4. The van der Waals surface area contributed by atoms with Gasteiger partial charge in [0.15, 0.2) is 6.04 Å². The van der Waals surface area contributed by atoms with Crippen molar-refractivity contribution in [2.75, 3.05) is 0 Å². The molecule has 0 bridgehead atoms. The third-order valence-electron chi connectivity index (χ3n) is 2.98. The number of aliphatic hydroxyl groups excluding tert-OH is 1. The van der Waals surface area contributed by atoms with E-state index in [1.807, 2.05) is 19.1 Å². The zero-order chi connectivity index (χ0) is 16.9. The second kappa shape index (κ2) is 7.26. The van der Waals surface area contributed by atoms with E-state index in [1.165, 1.54) is 0 Å². The van der Waals surface area contributed by atoms with Crippen molar-refractivity contribution in [2.24, 2.45) is 0 Å². The molecule has 22 heavy (non-hydrogen) atoms. The Kier molecular flexibility index (Phi) is 5.93. The van der Waals surface area contributed by atoms with Gasteiger partial charge in [-0.25, -0.2) is 9.59 Å². The van der Waals surface area contributed by atoms with E-state index in [4.69, 9.17) is 4.74 Å². The summed E-state index contributed by atoms with van der Waals surface area (Å²) < 4.78 is 5.02. The predicted molar refractivity (Wildman–Crippen MR) is 81.6 cm³/mol. The molecule has 0 saturated carbocycles. The second-order valence-electron chi connectivity index (χ2n) is 6.00. The molecule has 2 atom stereocenters. The highest BCUT2D eigenvalue weighted by Crippen LogP contribution is 2.19. The molecule has 0 aliphatic heterocycles. The average molecular weight is 309 g/mol. The third kappa shape index (κ3) is 5.37.